The van der Waals surface area contributed by atoms with Gasteiger partial charge in [0.15, 0.2) is 5.60 Å². The smallest absolute Gasteiger partial charge is 0.411 e. The highest BCUT2D eigenvalue weighted by Gasteiger charge is 2.39. The van der Waals surface area contributed by atoms with Crippen LogP contribution in [0.5, 0.6) is 0 Å². The van der Waals surface area contributed by atoms with Gasteiger partial charge >= 0.3 is 6.18 Å². The number of aryl methyl sites for hydroxylation is 6. The zero-order chi connectivity index (χ0) is 33.7. The van der Waals surface area contributed by atoms with E-state index in [2.05, 4.69) is 91.0 Å². The number of allylic oxidation sites excluding steroid dienone is 1. The average molecular weight is 752 g/mol. The molecule has 0 saturated carbocycles. The Bertz CT molecular complexity index is 1740. The van der Waals surface area contributed by atoms with Crippen LogP contribution < -0.4 is 0 Å². The summed E-state index contributed by atoms with van der Waals surface area (Å²) < 4.78 is 41.9. The van der Waals surface area contributed by atoms with E-state index in [9.17, 15) is 13.2 Å². The topological polar surface area (TPSA) is 89.8 Å². The van der Waals surface area contributed by atoms with E-state index in [0.717, 1.165) is 49.0 Å². The van der Waals surface area contributed by atoms with E-state index in [4.69, 9.17) is 10.0 Å². The van der Waals surface area contributed by atoms with Crippen molar-refractivity contribution in [2.24, 2.45) is 24.4 Å². The van der Waals surface area contributed by atoms with Gasteiger partial charge in [-0.05, 0) is 81.1 Å². The molecular weight excluding hydrogens is 717 g/mol. The lowest BCUT2D eigenvalue weighted by Gasteiger charge is -2.20. The quantitative estimate of drug-likeness (QED) is 0.128. The molecule has 3 heterocycles. The molecule has 2 aromatic heterocycles. The average Bonchev–Trinajstić information content (AvgIpc) is 3.63. The van der Waals surface area contributed by atoms with Gasteiger partial charge in [-0.3, -0.25) is 9.36 Å². The summed E-state index contributed by atoms with van der Waals surface area (Å²) >= 11 is 6.90. The number of halogens is 5. The van der Waals surface area contributed by atoms with Crippen LogP contribution in [0.2, 0.25) is 0 Å². The van der Waals surface area contributed by atoms with E-state index in [-0.39, 0.29) is 5.56 Å². The Morgan fingerprint density at radius 1 is 0.978 bits per heavy atom. The van der Waals surface area contributed by atoms with Crippen LogP contribution in [0.25, 0.3) is 5.57 Å². The second-order valence-corrected chi connectivity index (χ2v) is 12.5. The van der Waals surface area contributed by atoms with Crippen molar-refractivity contribution in [1.82, 2.24) is 19.6 Å². The van der Waals surface area contributed by atoms with Gasteiger partial charge in [-0.1, -0.05) is 60.9 Å². The molecule has 1 aliphatic rings. The van der Waals surface area contributed by atoms with Crippen LogP contribution in [0.4, 0.5) is 13.2 Å². The van der Waals surface area contributed by atoms with Crippen molar-refractivity contribution in [2.45, 2.75) is 52.8 Å². The fraction of sp³-hybridized carbons (Fsp3) is 0.312. The van der Waals surface area contributed by atoms with Crippen LogP contribution in [0, 0.1) is 27.7 Å². The molecule has 0 spiro atoms. The molecule has 0 aliphatic carbocycles. The highest BCUT2D eigenvalue weighted by Crippen LogP contribution is 2.38. The van der Waals surface area contributed by atoms with E-state index < -0.39 is 17.4 Å². The highest BCUT2D eigenvalue weighted by molar-refractivity contribution is 9.10. The second kappa shape index (κ2) is 14.6. The van der Waals surface area contributed by atoms with Gasteiger partial charge in [0.1, 0.15) is 0 Å². The van der Waals surface area contributed by atoms with Gasteiger partial charge in [0.2, 0.25) is 0 Å². The van der Waals surface area contributed by atoms with Crippen LogP contribution in [0.15, 0.2) is 74.6 Å². The van der Waals surface area contributed by atoms with Gasteiger partial charge in [-0.2, -0.15) is 23.4 Å². The van der Waals surface area contributed by atoms with Crippen molar-refractivity contribution < 1.29 is 23.2 Å². The third-order valence-corrected chi connectivity index (χ3v) is 8.79. The van der Waals surface area contributed by atoms with Crippen molar-refractivity contribution in [2.75, 3.05) is 0 Å². The summed E-state index contributed by atoms with van der Waals surface area (Å²) in [6.45, 7) is 12.6. The molecule has 1 N–H and O–H groups in total. The van der Waals surface area contributed by atoms with Gasteiger partial charge in [-0.15, -0.1) is 0 Å². The van der Waals surface area contributed by atoms with Crippen LogP contribution in [0.3, 0.4) is 0 Å². The van der Waals surface area contributed by atoms with Gasteiger partial charge < -0.3 is 10.0 Å². The number of aromatic nitrogens is 4. The predicted molar refractivity (Wildman–Crippen MR) is 178 cm³/mol. The number of oxime groups is 2. The lowest BCUT2D eigenvalue weighted by atomic mass is 9.89. The minimum Gasteiger partial charge on any atom is -0.411 e. The number of hydrogen-bond donors (Lipinski definition) is 1. The zero-order valence-corrected chi connectivity index (χ0v) is 29.2. The Hall–Kier alpha value is -3.71. The molecule has 0 saturated heterocycles. The molecule has 240 valence electrons. The van der Waals surface area contributed by atoms with E-state index >= 15 is 0 Å². The Balaban J connectivity index is 0.000000198. The molecule has 45 heavy (non-hydrogen) atoms. The molecule has 1 aliphatic heterocycles. The zero-order valence-electron chi connectivity index (χ0n) is 26.0. The van der Waals surface area contributed by atoms with E-state index in [1.54, 1.807) is 7.05 Å². The minimum atomic E-state index is -4.38. The molecule has 13 heteroatoms. The fourth-order valence-corrected chi connectivity index (χ4v) is 5.14. The summed E-state index contributed by atoms with van der Waals surface area (Å²) in [5.74, 6) is 0. The maximum Gasteiger partial charge on any atom is 0.416 e. The molecule has 4 aromatic rings. The maximum absolute atomic E-state index is 12.2. The van der Waals surface area contributed by atoms with Crippen LogP contribution >= 0.6 is 31.9 Å². The fourth-order valence-electron chi connectivity index (χ4n) is 4.65. The number of alkyl halides is 3. The first kappa shape index (κ1) is 35.8. The summed E-state index contributed by atoms with van der Waals surface area (Å²) in [4.78, 5) is 5.78. The Kier molecular flexibility index (Phi) is 11.6. The number of rotatable bonds is 4. The minimum absolute atomic E-state index is 0.0509. The summed E-state index contributed by atoms with van der Waals surface area (Å²) in [6.07, 6.45) is 1.10. The standard InChI is InChI=1S/C16H18BrN3O.C8H8BrNO.C8H9F3N2/c1-10-7-12(5-6-14(10)17)15-8-16(3,21-19-15)13-9-20(4)18-11(13)2;1-6-4-7(5-10-11)2-3-8(6)9;1-5(8(9,10)11)7-4-13(3)12-6(7)2/h5-7,9H,8H2,1-4H3;2-5,11H,1H3;4H,1H2,2-3H3/b;10-5+;. The molecule has 1 unspecified atom stereocenters. The third-order valence-electron chi connectivity index (χ3n) is 7.01. The summed E-state index contributed by atoms with van der Waals surface area (Å²) in [7, 11) is 3.49. The van der Waals surface area contributed by atoms with Crippen molar-refractivity contribution in [3.05, 3.63) is 109 Å². The summed E-state index contributed by atoms with van der Waals surface area (Å²) in [6, 6.07) is 12.0. The Morgan fingerprint density at radius 3 is 2.04 bits per heavy atom. The molecule has 8 nitrogen and oxygen atoms in total. The first-order valence-corrected chi connectivity index (χ1v) is 15.3. The summed E-state index contributed by atoms with van der Waals surface area (Å²) in [5, 5.41) is 23.7. The van der Waals surface area contributed by atoms with Gasteiger partial charge in [0.05, 0.1) is 28.9 Å². The number of nitrogens with zero attached hydrogens (tertiary/aromatic N) is 6. The normalized spacial score (nSPS) is 16.0. The molecule has 0 radical (unpaired) electrons. The number of hydrogen-bond acceptors (Lipinski definition) is 6. The molecule has 0 bridgehead atoms. The van der Waals surface area contributed by atoms with Crippen LogP contribution in [-0.2, 0) is 24.5 Å². The van der Waals surface area contributed by atoms with Crippen molar-refractivity contribution in [1.29, 1.82) is 0 Å². The van der Waals surface area contributed by atoms with E-state index in [1.807, 2.05) is 50.0 Å². The molecule has 0 fully saturated rings. The van der Waals surface area contributed by atoms with Crippen LogP contribution in [-0.4, -0.2) is 42.9 Å². The largest absolute Gasteiger partial charge is 0.416 e. The summed E-state index contributed by atoms with van der Waals surface area (Å²) in [5.41, 5.74) is 6.50. The highest BCUT2D eigenvalue weighted by atomic mass is 79.9. The van der Waals surface area contributed by atoms with Crippen LogP contribution in [0.1, 0.15) is 58.1 Å². The SMILES string of the molecule is C=C(c1cn(C)nc1C)C(F)(F)F.Cc1cc(/C=N/O)ccc1Br.Cc1cc(C2=NOC(C)(c3cn(C)nc3C)C2)ccc1Br. The van der Waals surface area contributed by atoms with Gasteiger partial charge in [0, 0.05) is 53.0 Å². The monoisotopic (exact) mass is 750 g/mol. The Morgan fingerprint density at radius 2 is 1.56 bits per heavy atom. The molecule has 1 atom stereocenters. The first-order chi connectivity index (χ1) is 20.9. The predicted octanol–water partition coefficient (Wildman–Crippen LogP) is 8.71. The van der Waals surface area contributed by atoms with Crippen molar-refractivity contribution >= 4 is 49.4 Å². The second-order valence-electron chi connectivity index (χ2n) is 10.8. The Labute approximate surface area is 277 Å². The first-order valence-electron chi connectivity index (χ1n) is 13.7. The van der Waals surface area contributed by atoms with E-state index in [0.29, 0.717) is 5.69 Å². The maximum atomic E-state index is 12.2. The van der Waals surface area contributed by atoms with Crippen molar-refractivity contribution in [3.8, 4) is 0 Å². The molecular formula is C32H35Br2F3N6O2. The van der Waals surface area contributed by atoms with Crippen molar-refractivity contribution in [3.63, 3.8) is 0 Å². The third kappa shape index (κ3) is 9.16. The lowest BCUT2D eigenvalue weighted by molar-refractivity contribution is -0.0687. The van der Waals surface area contributed by atoms with Gasteiger partial charge in [0.25, 0.3) is 0 Å². The van der Waals surface area contributed by atoms with E-state index in [1.165, 1.54) is 29.6 Å². The lowest BCUT2D eigenvalue weighted by Crippen LogP contribution is -2.22. The molecule has 0 amide bonds. The molecule has 5 rings (SSSR count). The van der Waals surface area contributed by atoms with Gasteiger partial charge in [-0.25, -0.2) is 0 Å². The molecule has 2 aromatic carbocycles. The number of benzene rings is 2.